The number of carbonyl (C=O) groups is 1. The lowest BCUT2D eigenvalue weighted by molar-refractivity contribution is 0.0832. The summed E-state index contributed by atoms with van der Waals surface area (Å²) in [4.78, 5) is 12.2. The molecule has 1 aliphatic heterocycles. The van der Waals surface area contributed by atoms with Gasteiger partial charge in [0.2, 0.25) is 0 Å². The van der Waals surface area contributed by atoms with E-state index in [0.29, 0.717) is 18.2 Å². The molecule has 0 spiro atoms. The first kappa shape index (κ1) is 14.9. The molecule has 1 saturated heterocycles. The average Bonchev–Trinajstić information content (AvgIpc) is 3.13. The Morgan fingerprint density at radius 3 is 2.73 bits per heavy atom. The van der Waals surface area contributed by atoms with Crippen LogP contribution in [0.1, 0.15) is 40.0 Å². The molecule has 3 rings (SSSR count). The third-order valence-electron chi connectivity index (χ3n) is 4.26. The van der Waals surface area contributed by atoms with E-state index in [1.165, 1.54) is 5.56 Å². The van der Waals surface area contributed by atoms with Gasteiger partial charge >= 0.3 is 0 Å². The first-order valence-electron chi connectivity index (χ1n) is 7.67. The molecule has 0 saturated carbocycles. The number of nitrogens with one attached hydrogen (secondary N) is 1. The summed E-state index contributed by atoms with van der Waals surface area (Å²) >= 11 is 0. The second-order valence-corrected chi connectivity index (χ2v) is 5.81. The molecular formula is C18H21NO3. The lowest BCUT2D eigenvalue weighted by atomic mass is 9.95. The molecule has 22 heavy (non-hydrogen) atoms. The number of benzene rings is 1. The summed E-state index contributed by atoms with van der Waals surface area (Å²) in [6, 6.07) is 12.0. The Kier molecular flexibility index (Phi) is 4.29. The van der Waals surface area contributed by atoms with E-state index in [9.17, 15) is 4.79 Å². The normalized spacial score (nSPS) is 21.0. The fraction of sp³-hybridized carbons (Fsp3) is 0.389. The van der Waals surface area contributed by atoms with Gasteiger partial charge in [-0.05, 0) is 37.5 Å². The van der Waals surface area contributed by atoms with E-state index in [2.05, 4.69) is 17.4 Å². The van der Waals surface area contributed by atoms with Crippen molar-refractivity contribution in [3.8, 4) is 0 Å². The van der Waals surface area contributed by atoms with Gasteiger partial charge in [-0.3, -0.25) is 4.79 Å². The van der Waals surface area contributed by atoms with Gasteiger partial charge in [0.25, 0.3) is 5.91 Å². The van der Waals surface area contributed by atoms with E-state index >= 15 is 0 Å². The molecule has 4 nitrogen and oxygen atoms in total. The van der Waals surface area contributed by atoms with Gasteiger partial charge in [-0.2, -0.15) is 0 Å². The molecule has 1 aliphatic rings. The summed E-state index contributed by atoms with van der Waals surface area (Å²) in [5.74, 6) is 1.31. The lowest BCUT2D eigenvalue weighted by Gasteiger charge is -2.19. The maximum atomic E-state index is 12.2. The van der Waals surface area contributed by atoms with Crippen molar-refractivity contribution in [3.05, 3.63) is 59.0 Å². The maximum Gasteiger partial charge on any atom is 0.287 e. The van der Waals surface area contributed by atoms with Crippen LogP contribution < -0.4 is 5.32 Å². The Hall–Kier alpha value is -2.07. The second kappa shape index (κ2) is 6.36. The Morgan fingerprint density at radius 1 is 1.27 bits per heavy atom. The number of rotatable bonds is 4. The number of amides is 1. The fourth-order valence-electron chi connectivity index (χ4n) is 2.85. The van der Waals surface area contributed by atoms with Crippen molar-refractivity contribution in [2.75, 3.05) is 13.2 Å². The van der Waals surface area contributed by atoms with Crippen LogP contribution in [0.3, 0.4) is 0 Å². The minimum Gasteiger partial charge on any atom is -0.456 e. The van der Waals surface area contributed by atoms with E-state index < -0.39 is 0 Å². The maximum absolute atomic E-state index is 12.2. The molecule has 2 atom stereocenters. The first-order valence-corrected chi connectivity index (χ1v) is 7.67. The quantitative estimate of drug-likeness (QED) is 0.941. The van der Waals surface area contributed by atoms with Gasteiger partial charge in [0.05, 0.1) is 6.10 Å². The molecule has 2 heterocycles. The summed E-state index contributed by atoms with van der Waals surface area (Å²) in [7, 11) is 0. The van der Waals surface area contributed by atoms with Gasteiger partial charge in [-0.15, -0.1) is 0 Å². The standard InChI is InChI=1S/C18H21NO3/c1-12-10-16(22-13(12)2)18(20)19-11-15-8-9-21-17(15)14-6-4-3-5-7-14/h3-7,10,15,17H,8-9,11H2,1-2H3,(H,19,20)/t15-,17-/m1/s1. The van der Waals surface area contributed by atoms with Gasteiger partial charge in [0, 0.05) is 19.1 Å². The predicted molar refractivity (Wildman–Crippen MR) is 83.8 cm³/mol. The van der Waals surface area contributed by atoms with E-state index in [-0.39, 0.29) is 12.0 Å². The SMILES string of the molecule is Cc1cc(C(=O)NC[C@H]2CCO[C@@H]2c2ccccc2)oc1C. The highest BCUT2D eigenvalue weighted by Gasteiger charge is 2.30. The van der Waals surface area contributed by atoms with Gasteiger partial charge in [0.1, 0.15) is 5.76 Å². The monoisotopic (exact) mass is 299 g/mol. The molecule has 4 heteroatoms. The van der Waals surface area contributed by atoms with E-state index in [4.69, 9.17) is 9.15 Å². The number of carbonyl (C=O) groups excluding carboxylic acids is 1. The molecular weight excluding hydrogens is 278 g/mol. The van der Waals surface area contributed by atoms with Crippen molar-refractivity contribution in [3.63, 3.8) is 0 Å². The second-order valence-electron chi connectivity index (χ2n) is 5.81. The molecule has 0 unspecified atom stereocenters. The van der Waals surface area contributed by atoms with Crippen molar-refractivity contribution in [2.24, 2.45) is 5.92 Å². The van der Waals surface area contributed by atoms with Crippen molar-refractivity contribution in [1.29, 1.82) is 0 Å². The highest BCUT2D eigenvalue weighted by atomic mass is 16.5. The molecule has 1 aromatic heterocycles. The zero-order valence-corrected chi connectivity index (χ0v) is 13.0. The van der Waals surface area contributed by atoms with Crippen molar-refractivity contribution < 1.29 is 13.9 Å². The Balaban J connectivity index is 1.62. The van der Waals surface area contributed by atoms with Crippen LogP contribution >= 0.6 is 0 Å². The summed E-state index contributed by atoms with van der Waals surface area (Å²) in [6.45, 7) is 5.13. The van der Waals surface area contributed by atoms with E-state index in [1.54, 1.807) is 6.07 Å². The largest absolute Gasteiger partial charge is 0.456 e. The van der Waals surface area contributed by atoms with Gasteiger partial charge in [-0.1, -0.05) is 30.3 Å². The smallest absolute Gasteiger partial charge is 0.287 e. The number of hydrogen-bond acceptors (Lipinski definition) is 3. The summed E-state index contributed by atoms with van der Waals surface area (Å²) in [5, 5.41) is 2.97. The molecule has 1 N–H and O–H groups in total. The minimum atomic E-state index is -0.157. The van der Waals surface area contributed by atoms with Gasteiger partial charge in [0.15, 0.2) is 5.76 Å². The predicted octanol–water partition coefficient (Wildman–Crippen LogP) is 3.40. The number of hydrogen-bond donors (Lipinski definition) is 1. The van der Waals surface area contributed by atoms with E-state index in [1.807, 2.05) is 32.0 Å². The minimum absolute atomic E-state index is 0.0570. The molecule has 0 aliphatic carbocycles. The third-order valence-corrected chi connectivity index (χ3v) is 4.26. The van der Waals surface area contributed by atoms with Crippen LogP contribution in [0.2, 0.25) is 0 Å². The number of aryl methyl sites for hydroxylation is 2. The fourth-order valence-corrected chi connectivity index (χ4v) is 2.85. The number of furan rings is 1. The topological polar surface area (TPSA) is 51.5 Å². The molecule has 1 aromatic carbocycles. The van der Waals surface area contributed by atoms with Crippen LogP contribution in [0.4, 0.5) is 0 Å². The molecule has 116 valence electrons. The summed E-state index contributed by atoms with van der Waals surface area (Å²) < 4.78 is 11.3. The van der Waals surface area contributed by atoms with Crippen LogP contribution in [0.5, 0.6) is 0 Å². The highest BCUT2D eigenvalue weighted by Crippen LogP contribution is 2.33. The Labute approximate surface area is 130 Å². The zero-order valence-electron chi connectivity index (χ0n) is 13.0. The van der Waals surface area contributed by atoms with Gasteiger partial charge in [-0.25, -0.2) is 0 Å². The van der Waals surface area contributed by atoms with Crippen molar-refractivity contribution in [1.82, 2.24) is 5.32 Å². The molecule has 2 aromatic rings. The first-order chi connectivity index (χ1) is 10.6. The van der Waals surface area contributed by atoms with Crippen molar-refractivity contribution in [2.45, 2.75) is 26.4 Å². The van der Waals surface area contributed by atoms with Crippen LogP contribution in [0.25, 0.3) is 0 Å². The van der Waals surface area contributed by atoms with Crippen molar-refractivity contribution >= 4 is 5.91 Å². The molecule has 0 radical (unpaired) electrons. The van der Waals surface area contributed by atoms with Crippen LogP contribution in [0.15, 0.2) is 40.8 Å². The Morgan fingerprint density at radius 2 is 2.05 bits per heavy atom. The molecule has 1 amide bonds. The van der Waals surface area contributed by atoms with Crippen LogP contribution in [-0.4, -0.2) is 19.1 Å². The van der Waals surface area contributed by atoms with Gasteiger partial charge < -0.3 is 14.5 Å². The van der Waals surface area contributed by atoms with Crippen LogP contribution in [-0.2, 0) is 4.74 Å². The van der Waals surface area contributed by atoms with E-state index in [0.717, 1.165) is 24.4 Å². The average molecular weight is 299 g/mol. The lowest BCUT2D eigenvalue weighted by Crippen LogP contribution is -2.30. The molecule has 0 bridgehead atoms. The summed E-state index contributed by atoms with van der Waals surface area (Å²) in [6.07, 6.45) is 1.01. The van der Waals surface area contributed by atoms with Crippen LogP contribution in [0, 0.1) is 19.8 Å². The Bertz CT molecular complexity index is 628. The zero-order chi connectivity index (χ0) is 15.5. The molecule has 1 fully saturated rings. The summed E-state index contributed by atoms with van der Waals surface area (Å²) in [5.41, 5.74) is 2.17. The third kappa shape index (κ3) is 3.07. The highest BCUT2D eigenvalue weighted by molar-refractivity contribution is 5.91. The number of ether oxygens (including phenoxy) is 1.